The lowest BCUT2D eigenvalue weighted by Crippen LogP contribution is -2.23. The first-order valence-corrected chi connectivity index (χ1v) is 8.67. The monoisotopic (exact) mass is 422 g/mol. The fourth-order valence-corrected chi connectivity index (χ4v) is 2.62. The van der Waals surface area contributed by atoms with E-state index in [1.165, 1.54) is 36.2 Å². The van der Waals surface area contributed by atoms with Crippen LogP contribution in [-0.4, -0.2) is 35.7 Å². The molecule has 0 aliphatic rings. The van der Waals surface area contributed by atoms with E-state index in [9.17, 15) is 22.8 Å². The number of carbonyl (C=O) groups is 1. The number of urea groups is 1. The van der Waals surface area contributed by atoms with E-state index in [0.29, 0.717) is 29.7 Å². The predicted octanol–water partition coefficient (Wildman–Crippen LogP) is 3.59. The zero-order valence-corrected chi connectivity index (χ0v) is 15.7. The predicted molar refractivity (Wildman–Crippen MR) is 104 cm³/mol. The topological polar surface area (TPSA) is 94.5 Å². The number of methoxy groups -OCH3 is 1. The number of aromatic nitrogens is 2. The van der Waals surface area contributed by atoms with Crippen molar-refractivity contribution in [3.63, 3.8) is 0 Å². The van der Waals surface area contributed by atoms with Crippen molar-refractivity contribution >= 4 is 28.3 Å². The zero-order chi connectivity index (χ0) is 21.7. The third-order valence-electron chi connectivity index (χ3n) is 3.96. The number of alkyl halides is 3. The first-order chi connectivity index (χ1) is 14.2. The third-order valence-corrected chi connectivity index (χ3v) is 3.96. The number of halogens is 3. The maximum atomic E-state index is 12.5. The standard InChI is InChI=1S/C19H17F3N4O4/c1-29-9-8-26-11-23-16-7-4-13(10-15(16)17(26)27)25-18(28)24-12-2-5-14(6-3-12)30-19(20,21)22/h2-7,10-11H,8-9H2,1H3,(H2,24,25,28). The summed E-state index contributed by atoms with van der Waals surface area (Å²) in [6.07, 6.45) is -3.37. The Labute approximate surface area is 168 Å². The molecular formula is C19H17F3N4O4. The van der Waals surface area contributed by atoms with Crippen molar-refractivity contribution in [3.05, 3.63) is 59.1 Å². The van der Waals surface area contributed by atoms with Crippen molar-refractivity contribution in [2.45, 2.75) is 12.9 Å². The van der Waals surface area contributed by atoms with Crippen LogP contribution in [-0.2, 0) is 11.3 Å². The molecule has 2 N–H and O–H groups in total. The highest BCUT2D eigenvalue weighted by Crippen LogP contribution is 2.24. The van der Waals surface area contributed by atoms with Crippen LogP contribution in [0.3, 0.4) is 0 Å². The molecule has 0 saturated carbocycles. The van der Waals surface area contributed by atoms with E-state index in [0.717, 1.165) is 12.1 Å². The van der Waals surface area contributed by atoms with Gasteiger partial charge in [-0.15, -0.1) is 13.2 Å². The average Bonchev–Trinajstić information content (AvgIpc) is 2.68. The highest BCUT2D eigenvalue weighted by atomic mass is 19.4. The first-order valence-electron chi connectivity index (χ1n) is 8.67. The van der Waals surface area contributed by atoms with Gasteiger partial charge in [-0.2, -0.15) is 0 Å². The zero-order valence-electron chi connectivity index (χ0n) is 15.7. The van der Waals surface area contributed by atoms with Crippen LogP contribution in [0.2, 0.25) is 0 Å². The highest BCUT2D eigenvalue weighted by Gasteiger charge is 2.30. The van der Waals surface area contributed by atoms with Gasteiger partial charge in [0.05, 0.1) is 30.4 Å². The molecule has 0 radical (unpaired) electrons. The smallest absolute Gasteiger partial charge is 0.406 e. The number of fused-ring (bicyclic) bond motifs is 1. The van der Waals surface area contributed by atoms with E-state index in [1.54, 1.807) is 12.1 Å². The second-order valence-corrected chi connectivity index (χ2v) is 6.12. The Balaban J connectivity index is 1.70. The number of benzene rings is 2. The molecular weight excluding hydrogens is 405 g/mol. The summed E-state index contributed by atoms with van der Waals surface area (Å²) in [5.74, 6) is -0.403. The number of rotatable bonds is 6. The Morgan fingerprint density at radius 2 is 1.77 bits per heavy atom. The Morgan fingerprint density at radius 1 is 1.10 bits per heavy atom. The van der Waals surface area contributed by atoms with Gasteiger partial charge in [-0.05, 0) is 42.5 Å². The lowest BCUT2D eigenvalue weighted by molar-refractivity contribution is -0.274. The normalized spacial score (nSPS) is 11.3. The number of nitrogens with zero attached hydrogens (tertiary/aromatic N) is 2. The van der Waals surface area contributed by atoms with Crippen molar-refractivity contribution in [2.24, 2.45) is 0 Å². The number of amides is 2. The largest absolute Gasteiger partial charge is 0.573 e. The Bertz CT molecular complexity index is 1100. The molecule has 11 heteroatoms. The number of anilines is 2. The van der Waals surface area contributed by atoms with E-state index in [1.807, 2.05) is 0 Å². The van der Waals surface area contributed by atoms with Gasteiger partial charge in [0.15, 0.2) is 0 Å². The van der Waals surface area contributed by atoms with Gasteiger partial charge in [0, 0.05) is 18.5 Å². The Kier molecular flexibility index (Phi) is 6.21. The second-order valence-electron chi connectivity index (χ2n) is 6.12. The molecule has 3 aromatic rings. The summed E-state index contributed by atoms with van der Waals surface area (Å²) in [4.78, 5) is 28.9. The lowest BCUT2D eigenvalue weighted by Gasteiger charge is -2.11. The van der Waals surface area contributed by atoms with E-state index in [-0.39, 0.29) is 11.2 Å². The lowest BCUT2D eigenvalue weighted by atomic mass is 10.2. The van der Waals surface area contributed by atoms with Gasteiger partial charge in [0.25, 0.3) is 5.56 Å². The first kappa shape index (κ1) is 21.1. The van der Waals surface area contributed by atoms with Crippen molar-refractivity contribution in [3.8, 4) is 5.75 Å². The van der Waals surface area contributed by atoms with Crippen LogP contribution in [0.1, 0.15) is 0 Å². The number of hydrogen-bond donors (Lipinski definition) is 2. The highest BCUT2D eigenvalue weighted by molar-refractivity contribution is 6.00. The fraction of sp³-hybridized carbons (Fsp3) is 0.211. The molecule has 1 aromatic heterocycles. The molecule has 0 aliphatic carbocycles. The summed E-state index contributed by atoms with van der Waals surface area (Å²) < 4.78 is 46.7. The Morgan fingerprint density at radius 3 is 2.43 bits per heavy atom. The molecule has 30 heavy (non-hydrogen) atoms. The molecule has 3 rings (SSSR count). The molecule has 2 amide bonds. The summed E-state index contributed by atoms with van der Waals surface area (Å²) in [5, 5.41) is 5.36. The van der Waals surface area contributed by atoms with Gasteiger partial charge in [0.1, 0.15) is 5.75 Å². The van der Waals surface area contributed by atoms with Crippen LogP contribution in [0.5, 0.6) is 5.75 Å². The summed E-state index contributed by atoms with van der Waals surface area (Å²) in [6.45, 7) is 0.685. The molecule has 0 spiro atoms. The minimum absolute atomic E-state index is 0.256. The summed E-state index contributed by atoms with van der Waals surface area (Å²) >= 11 is 0. The van der Waals surface area contributed by atoms with Crippen LogP contribution in [0, 0.1) is 0 Å². The van der Waals surface area contributed by atoms with E-state index >= 15 is 0 Å². The molecule has 0 bridgehead atoms. The van der Waals surface area contributed by atoms with Crippen LogP contribution in [0.4, 0.5) is 29.3 Å². The van der Waals surface area contributed by atoms with Gasteiger partial charge in [-0.3, -0.25) is 9.36 Å². The van der Waals surface area contributed by atoms with Gasteiger partial charge in [-0.1, -0.05) is 0 Å². The maximum absolute atomic E-state index is 12.5. The van der Waals surface area contributed by atoms with Gasteiger partial charge in [-0.25, -0.2) is 9.78 Å². The van der Waals surface area contributed by atoms with Gasteiger partial charge in [0.2, 0.25) is 0 Å². The van der Waals surface area contributed by atoms with Crippen LogP contribution < -0.4 is 20.9 Å². The summed E-state index contributed by atoms with van der Waals surface area (Å²) in [7, 11) is 1.52. The summed E-state index contributed by atoms with van der Waals surface area (Å²) in [5.41, 5.74) is 0.799. The van der Waals surface area contributed by atoms with Gasteiger partial charge < -0.3 is 20.1 Å². The summed E-state index contributed by atoms with van der Waals surface area (Å²) in [6, 6.07) is 8.71. The molecule has 0 aliphatic heterocycles. The van der Waals surface area contributed by atoms with Crippen molar-refractivity contribution in [1.82, 2.24) is 9.55 Å². The minimum atomic E-state index is -4.79. The van der Waals surface area contributed by atoms with Crippen molar-refractivity contribution < 1.29 is 27.4 Å². The molecule has 2 aromatic carbocycles. The van der Waals surface area contributed by atoms with E-state index in [4.69, 9.17) is 4.74 Å². The molecule has 8 nitrogen and oxygen atoms in total. The quantitative estimate of drug-likeness (QED) is 0.633. The molecule has 0 fully saturated rings. The number of carbonyl (C=O) groups excluding carboxylic acids is 1. The van der Waals surface area contributed by atoms with Crippen molar-refractivity contribution in [2.75, 3.05) is 24.4 Å². The van der Waals surface area contributed by atoms with E-state index in [2.05, 4.69) is 20.4 Å². The van der Waals surface area contributed by atoms with Gasteiger partial charge >= 0.3 is 12.4 Å². The Hall–Kier alpha value is -3.60. The molecule has 158 valence electrons. The van der Waals surface area contributed by atoms with Crippen LogP contribution in [0.25, 0.3) is 10.9 Å². The second kappa shape index (κ2) is 8.82. The molecule has 1 heterocycles. The van der Waals surface area contributed by atoms with Crippen molar-refractivity contribution in [1.29, 1.82) is 0 Å². The number of ether oxygens (including phenoxy) is 2. The van der Waals surface area contributed by atoms with Crippen LogP contribution >= 0.6 is 0 Å². The third kappa shape index (κ3) is 5.47. The molecule has 0 unspecified atom stereocenters. The SMILES string of the molecule is COCCn1cnc2ccc(NC(=O)Nc3ccc(OC(F)(F)F)cc3)cc2c1=O. The van der Waals surface area contributed by atoms with Crippen LogP contribution in [0.15, 0.2) is 53.6 Å². The number of nitrogens with one attached hydrogen (secondary N) is 2. The minimum Gasteiger partial charge on any atom is -0.406 e. The van der Waals surface area contributed by atoms with E-state index < -0.39 is 18.1 Å². The molecule has 0 saturated heterocycles. The number of hydrogen-bond acceptors (Lipinski definition) is 5. The fourth-order valence-electron chi connectivity index (χ4n) is 2.62. The average molecular weight is 422 g/mol. The maximum Gasteiger partial charge on any atom is 0.573 e. The molecule has 0 atom stereocenters.